The summed E-state index contributed by atoms with van der Waals surface area (Å²) in [5.41, 5.74) is 2.86. The van der Waals surface area contributed by atoms with Gasteiger partial charge in [-0.05, 0) is 46.9 Å². The van der Waals surface area contributed by atoms with Gasteiger partial charge in [0.2, 0.25) is 10.0 Å². The van der Waals surface area contributed by atoms with Gasteiger partial charge in [-0.1, -0.05) is 45.1 Å². The molecule has 3 rings (SSSR count). The van der Waals surface area contributed by atoms with Crippen LogP contribution in [0.2, 0.25) is 0 Å². The molecule has 0 atom stereocenters. The number of hydrogen-bond acceptors (Lipinski definition) is 4. The maximum Gasteiger partial charge on any atom is 0.259 e. The Hall–Kier alpha value is -3.10. The molecule has 0 amide bonds. The molecule has 1 heterocycles. The lowest BCUT2D eigenvalue weighted by Crippen LogP contribution is -2.21. The molecule has 1 aromatic heterocycles. The van der Waals surface area contributed by atoms with Crippen LogP contribution in [0.3, 0.4) is 0 Å². The highest BCUT2D eigenvalue weighted by atomic mass is 35.5. The molecular weight excluding hydrogens is 491 g/mol. The van der Waals surface area contributed by atoms with E-state index in [1.54, 1.807) is 37.4 Å². The van der Waals surface area contributed by atoms with Crippen LogP contribution >= 0.6 is 11.6 Å². The summed E-state index contributed by atoms with van der Waals surface area (Å²) in [7, 11) is -1.78. The van der Waals surface area contributed by atoms with Crippen LogP contribution in [0.25, 0.3) is 23.3 Å². The minimum absolute atomic E-state index is 0.164. The molecule has 0 aliphatic heterocycles. The number of anilines is 1. The SMILES string of the molecule is COc1c(/C=C/c2ccc(NS(C)(=O)=O)cc2)cc(-c2cc(F)cn(CCl)c2=O)cc1C(C)(C)C. The summed E-state index contributed by atoms with van der Waals surface area (Å²) in [5, 5.41) is 0. The molecule has 0 spiro atoms. The average molecular weight is 519 g/mol. The van der Waals surface area contributed by atoms with E-state index in [0.29, 0.717) is 22.6 Å². The summed E-state index contributed by atoms with van der Waals surface area (Å²) in [6, 6.07) is 11.5. The van der Waals surface area contributed by atoms with Crippen LogP contribution < -0.4 is 15.0 Å². The second-order valence-corrected chi connectivity index (χ2v) is 11.2. The topological polar surface area (TPSA) is 77.4 Å². The molecule has 2 aromatic carbocycles. The molecule has 35 heavy (non-hydrogen) atoms. The molecule has 6 nitrogen and oxygen atoms in total. The van der Waals surface area contributed by atoms with Gasteiger partial charge >= 0.3 is 0 Å². The summed E-state index contributed by atoms with van der Waals surface area (Å²) >= 11 is 5.84. The quantitative estimate of drug-likeness (QED) is 0.321. The van der Waals surface area contributed by atoms with Crippen molar-refractivity contribution in [2.24, 2.45) is 0 Å². The Kier molecular flexibility index (Phi) is 7.77. The van der Waals surface area contributed by atoms with Crippen molar-refractivity contribution in [3.8, 4) is 16.9 Å². The summed E-state index contributed by atoms with van der Waals surface area (Å²) in [4.78, 5) is 12.9. The van der Waals surface area contributed by atoms with Gasteiger partial charge in [-0.25, -0.2) is 12.8 Å². The van der Waals surface area contributed by atoms with Gasteiger partial charge in [0.15, 0.2) is 0 Å². The lowest BCUT2D eigenvalue weighted by molar-refractivity contribution is 0.397. The largest absolute Gasteiger partial charge is 0.496 e. The van der Waals surface area contributed by atoms with Crippen molar-refractivity contribution in [3.63, 3.8) is 0 Å². The molecule has 0 radical (unpaired) electrons. The predicted molar refractivity (Wildman–Crippen MR) is 141 cm³/mol. The molecular formula is C26H28ClFN2O4S. The number of hydrogen-bond donors (Lipinski definition) is 1. The summed E-state index contributed by atoms with van der Waals surface area (Å²) in [6.07, 6.45) is 5.86. The van der Waals surface area contributed by atoms with E-state index in [0.717, 1.165) is 28.1 Å². The normalized spacial score (nSPS) is 12.2. The van der Waals surface area contributed by atoms with Crippen LogP contribution in [0.5, 0.6) is 5.75 Å². The number of alkyl halides is 1. The van der Waals surface area contributed by atoms with E-state index in [1.807, 2.05) is 39.0 Å². The smallest absolute Gasteiger partial charge is 0.259 e. The van der Waals surface area contributed by atoms with Crippen molar-refractivity contribution in [2.75, 3.05) is 18.1 Å². The maximum absolute atomic E-state index is 14.3. The highest BCUT2D eigenvalue weighted by Crippen LogP contribution is 2.38. The molecule has 0 unspecified atom stereocenters. The van der Waals surface area contributed by atoms with Crippen molar-refractivity contribution >= 4 is 39.5 Å². The van der Waals surface area contributed by atoms with E-state index in [9.17, 15) is 17.6 Å². The van der Waals surface area contributed by atoms with Gasteiger partial charge in [0.1, 0.15) is 17.6 Å². The van der Waals surface area contributed by atoms with Crippen molar-refractivity contribution in [1.82, 2.24) is 4.57 Å². The highest BCUT2D eigenvalue weighted by Gasteiger charge is 2.23. The lowest BCUT2D eigenvalue weighted by Gasteiger charge is -2.25. The lowest BCUT2D eigenvalue weighted by atomic mass is 9.83. The highest BCUT2D eigenvalue weighted by molar-refractivity contribution is 7.92. The van der Waals surface area contributed by atoms with Crippen molar-refractivity contribution < 1.29 is 17.5 Å². The number of rotatable bonds is 7. The summed E-state index contributed by atoms with van der Waals surface area (Å²) in [6.45, 7) is 6.08. The fourth-order valence-corrected chi connectivity index (χ4v) is 4.41. The third kappa shape index (κ3) is 6.52. The van der Waals surface area contributed by atoms with Crippen LogP contribution in [0.4, 0.5) is 10.1 Å². The van der Waals surface area contributed by atoms with Gasteiger partial charge in [-0.15, -0.1) is 11.6 Å². The van der Waals surface area contributed by atoms with Gasteiger partial charge in [0.05, 0.1) is 18.9 Å². The van der Waals surface area contributed by atoms with Gasteiger partial charge in [0, 0.05) is 23.0 Å². The van der Waals surface area contributed by atoms with E-state index in [-0.39, 0.29) is 17.0 Å². The third-order valence-electron chi connectivity index (χ3n) is 5.29. The standard InChI is InChI=1S/C26H28ClFN2O4S/c1-26(2,3)23-13-19(22-14-20(28)15-30(16-27)25(22)31)12-18(24(23)34-4)9-6-17-7-10-21(11-8-17)29-35(5,32)33/h6-15,29H,16H2,1-5H3/b9-6+. The van der Waals surface area contributed by atoms with Crippen molar-refractivity contribution in [1.29, 1.82) is 0 Å². The van der Waals surface area contributed by atoms with Gasteiger partial charge in [0.25, 0.3) is 5.56 Å². The van der Waals surface area contributed by atoms with Crippen molar-refractivity contribution in [2.45, 2.75) is 32.2 Å². The minimum Gasteiger partial charge on any atom is -0.496 e. The second kappa shape index (κ2) is 10.3. The number of aromatic nitrogens is 1. The number of ether oxygens (including phenoxy) is 1. The number of pyridine rings is 1. The van der Waals surface area contributed by atoms with E-state index in [2.05, 4.69) is 4.72 Å². The zero-order valence-corrected chi connectivity index (χ0v) is 21.8. The molecule has 0 bridgehead atoms. The Morgan fingerprint density at radius 1 is 1.11 bits per heavy atom. The molecule has 1 N–H and O–H groups in total. The minimum atomic E-state index is -3.36. The fraction of sp³-hybridized carbons (Fsp3) is 0.269. The van der Waals surface area contributed by atoms with E-state index < -0.39 is 21.4 Å². The fourth-order valence-electron chi connectivity index (χ4n) is 3.67. The maximum atomic E-state index is 14.3. The zero-order valence-electron chi connectivity index (χ0n) is 20.2. The molecule has 0 saturated heterocycles. The Balaban J connectivity index is 2.14. The molecule has 9 heteroatoms. The van der Waals surface area contributed by atoms with Crippen LogP contribution in [0.1, 0.15) is 37.5 Å². The molecule has 186 valence electrons. The number of sulfonamides is 1. The van der Waals surface area contributed by atoms with Crippen molar-refractivity contribution in [3.05, 3.63) is 81.5 Å². The average Bonchev–Trinajstić information content (AvgIpc) is 2.77. The number of halogens is 2. The molecule has 0 aliphatic rings. The first-order valence-electron chi connectivity index (χ1n) is 10.8. The first-order chi connectivity index (χ1) is 16.3. The second-order valence-electron chi connectivity index (χ2n) is 9.19. The summed E-state index contributed by atoms with van der Waals surface area (Å²) in [5.74, 6) is 0.0789. The molecule has 0 saturated carbocycles. The van der Waals surface area contributed by atoms with Crippen LogP contribution in [-0.2, 0) is 21.4 Å². The van der Waals surface area contributed by atoms with E-state index >= 15 is 0 Å². The van der Waals surface area contributed by atoms with Gasteiger partial charge in [-0.2, -0.15) is 0 Å². The zero-order chi connectivity index (χ0) is 26.0. The predicted octanol–water partition coefficient (Wildman–Crippen LogP) is 5.70. The Bertz CT molecular complexity index is 1420. The van der Waals surface area contributed by atoms with Crippen LogP contribution in [0.15, 0.2) is 53.5 Å². The first-order valence-corrected chi connectivity index (χ1v) is 13.2. The Morgan fingerprint density at radius 2 is 1.77 bits per heavy atom. The monoisotopic (exact) mass is 518 g/mol. The molecule has 0 fully saturated rings. The molecule has 3 aromatic rings. The Labute approximate surface area is 210 Å². The molecule has 0 aliphatic carbocycles. The van der Waals surface area contributed by atoms with Gasteiger partial charge in [-0.3, -0.25) is 14.1 Å². The number of methoxy groups -OCH3 is 1. The van der Waals surface area contributed by atoms with E-state index in [1.165, 1.54) is 6.07 Å². The third-order valence-corrected chi connectivity index (χ3v) is 6.16. The number of benzene rings is 2. The van der Waals surface area contributed by atoms with Gasteiger partial charge < -0.3 is 4.74 Å². The summed E-state index contributed by atoms with van der Waals surface area (Å²) < 4.78 is 46.4. The Morgan fingerprint density at radius 3 is 2.31 bits per heavy atom. The number of nitrogens with one attached hydrogen (secondary N) is 1. The van der Waals surface area contributed by atoms with Crippen LogP contribution in [-0.4, -0.2) is 26.4 Å². The van der Waals surface area contributed by atoms with Crippen LogP contribution in [0, 0.1) is 5.82 Å². The number of nitrogens with zero attached hydrogens (tertiary/aromatic N) is 1. The first kappa shape index (κ1) is 26.5. The van der Waals surface area contributed by atoms with E-state index in [4.69, 9.17) is 16.3 Å².